The molecule has 0 unspecified atom stereocenters. The third-order valence-electron chi connectivity index (χ3n) is 1.87. The van der Waals surface area contributed by atoms with Gasteiger partial charge in [0.15, 0.2) is 0 Å². The summed E-state index contributed by atoms with van der Waals surface area (Å²) in [5, 5.41) is 0. The molecule has 1 rings (SSSR count). The molecule has 0 amide bonds. The Bertz CT molecular complexity index is 485. The first-order valence-corrected chi connectivity index (χ1v) is 4.43. The Morgan fingerprint density at radius 3 is 3.07 bits per heavy atom. The molecule has 0 fully saturated rings. The van der Waals surface area contributed by atoms with E-state index in [1.807, 2.05) is 6.40 Å². The number of hydrogen-bond donors (Lipinski definition) is 0. The molecule has 0 aliphatic rings. The molecule has 0 N–H and O–H groups in total. The SMILES string of the molecule is [2H]C#CCN([C@H](C)C([2H])([2H])c1ccccc1)C([2H])([2H])[2H]. The van der Waals surface area contributed by atoms with Crippen LogP contribution in [0.3, 0.4) is 0 Å². The molecule has 0 aliphatic heterocycles. The number of nitrogens with zero attached hydrogens (tertiary/aromatic N) is 1. The van der Waals surface area contributed by atoms with Gasteiger partial charge in [-0.15, -0.1) is 6.40 Å². The van der Waals surface area contributed by atoms with Crippen LogP contribution in [-0.4, -0.2) is 24.5 Å². The van der Waals surface area contributed by atoms with Gasteiger partial charge in [0.1, 0.15) is 1.37 Å². The summed E-state index contributed by atoms with van der Waals surface area (Å²) in [5.74, 6) is 2.38. The van der Waals surface area contributed by atoms with Crippen LogP contribution in [0.5, 0.6) is 0 Å². The summed E-state index contributed by atoms with van der Waals surface area (Å²) < 4.78 is 45.7. The van der Waals surface area contributed by atoms with E-state index in [1.54, 1.807) is 30.3 Å². The third-order valence-corrected chi connectivity index (χ3v) is 1.87. The quantitative estimate of drug-likeness (QED) is 0.663. The minimum Gasteiger partial charge on any atom is -0.292 e. The minimum atomic E-state index is -2.47. The van der Waals surface area contributed by atoms with Crippen molar-refractivity contribution in [1.29, 1.82) is 0 Å². The molecule has 0 bridgehead atoms. The zero-order valence-corrected chi connectivity index (χ0v) is 8.12. The highest BCUT2D eigenvalue weighted by atomic mass is 15.1. The lowest BCUT2D eigenvalue weighted by molar-refractivity contribution is 0.287. The second-order valence-electron chi connectivity index (χ2n) is 2.99. The van der Waals surface area contributed by atoms with Crippen molar-refractivity contribution in [3.63, 3.8) is 0 Å². The Balaban J connectivity index is 3.10. The number of hydrogen-bond acceptors (Lipinski definition) is 1. The number of benzene rings is 1. The van der Waals surface area contributed by atoms with E-state index in [9.17, 15) is 0 Å². The predicted molar refractivity (Wildman–Crippen MR) is 61.1 cm³/mol. The molecule has 0 saturated carbocycles. The van der Waals surface area contributed by atoms with Crippen LogP contribution < -0.4 is 0 Å². The second kappa shape index (κ2) is 5.47. The summed E-state index contributed by atoms with van der Waals surface area (Å²) in [4.78, 5) is 1.00. The van der Waals surface area contributed by atoms with Gasteiger partial charge >= 0.3 is 0 Å². The van der Waals surface area contributed by atoms with Crippen LogP contribution in [-0.2, 0) is 6.37 Å². The lowest BCUT2D eigenvalue weighted by atomic mass is 10.1. The molecule has 0 radical (unpaired) electrons. The zero-order chi connectivity index (χ0) is 15.4. The summed E-state index contributed by atoms with van der Waals surface area (Å²) in [7, 11) is 0. The van der Waals surface area contributed by atoms with E-state index < -0.39 is 19.4 Å². The van der Waals surface area contributed by atoms with Crippen molar-refractivity contribution in [2.75, 3.05) is 13.5 Å². The molecule has 0 aliphatic carbocycles. The standard InChI is InChI=1S/C13H17N/c1-4-10-14(3)12(2)11-13-8-6-5-7-9-13/h1,5-9,12H,10-11H2,2-3H3/t12-/m1/s1/i1D,3D3,11D2. The third kappa shape index (κ3) is 3.24. The van der Waals surface area contributed by atoms with Gasteiger partial charge in [0.25, 0.3) is 0 Å². The van der Waals surface area contributed by atoms with E-state index in [0.29, 0.717) is 5.56 Å². The minimum absolute atomic E-state index is 0.173. The lowest BCUT2D eigenvalue weighted by Crippen LogP contribution is -2.31. The van der Waals surface area contributed by atoms with Gasteiger partial charge in [0, 0.05) is 12.9 Å². The molecule has 14 heavy (non-hydrogen) atoms. The van der Waals surface area contributed by atoms with E-state index in [1.165, 1.54) is 6.92 Å². The average molecular weight is 193 g/mol. The maximum absolute atomic E-state index is 8.20. The Kier molecular flexibility index (Phi) is 1.95. The van der Waals surface area contributed by atoms with Gasteiger partial charge in [-0.25, -0.2) is 0 Å². The summed E-state index contributed by atoms with van der Waals surface area (Å²) in [6.45, 7) is -1.12. The van der Waals surface area contributed by atoms with Gasteiger partial charge in [0.05, 0.1) is 6.54 Å². The van der Waals surface area contributed by atoms with Crippen molar-refractivity contribution in [3.05, 3.63) is 35.9 Å². The van der Waals surface area contributed by atoms with Crippen LogP contribution >= 0.6 is 0 Å². The van der Waals surface area contributed by atoms with Gasteiger partial charge in [0.2, 0.25) is 0 Å². The van der Waals surface area contributed by atoms with Gasteiger partial charge in [-0.1, -0.05) is 36.3 Å². The van der Waals surface area contributed by atoms with E-state index in [0.717, 1.165) is 4.90 Å². The molecule has 74 valence electrons. The van der Waals surface area contributed by atoms with Gasteiger partial charge in [-0.2, -0.15) is 0 Å². The molecule has 1 aromatic rings. The second-order valence-corrected chi connectivity index (χ2v) is 2.99. The van der Waals surface area contributed by atoms with Gasteiger partial charge in [-0.05, 0) is 25.8 Å². The molecule has 1 nitrogen and oxygen atoms in total. The Morgan fingerprint density at radius 2 is 2.43 bits per heavy atom. The van der Waals surface area contributed by atoms with Crippen molar-refractivity contribution in [3.8, 4) is 12.3 Å². The van der Waals surface area contributed by atoms with Crippen LogP contribution in [0.25, 0.3) is 0 Å². The highest BCUT2D eigenvalue weighted by Gasteiger charge is 2.07. The largest absolute Gasteiger partial charge is 0.292 e. The molecule has 0 heterocycles. The molecule has 0 aromatic heterocycles. The van der Waals surface area contributed by atoms with E-state index in [4.69, 9.17) is 8.22 Å². The number of likely N-dealkylation sites (N-methyl/N-ethyl adjacent to an activating group) is 1. The maximum Gasteiger partial charge on any atom is 0.124 e. The van der Waals surface area contributed by atoms with Crippen LogP contribution in [0.15, 0.2) is 30.3 Å². The summed E-state index contributed by atoms with van der Waals surface area (Å²) >= 11 is 0. The monoisotopic (exact) mass is 193 g/mol. The molecular weight excluding hydrogens is 170 g/mol. The van der Waals surface area contributed by atoms with Crippen molar-refractivity contribution >= 4 is 0 Å². The van der Waals surface area contributed by atoms with E-state index in [-0.39, 0.29) is 6.54 Å². The first-order chi connectivity index (χ1) is 9.21. The first kappa shape index (κ1) is 5.00. The fourth-order valence-electron chi connectivity index (χ4n) is 1.08. The number of terminal acetylenes is 1. The number of rotatable bonds is 4. The molecule has 0 saturated heterocycles. The molecule has 0 spiro atoms. The molecule has 1 aromatic carbocycles. The van der Waals surface area contributed by atoms with Crippen molar-refractivity contribution in [2.24, 2.45) is 0 Å². The maximum atomic E-state index is 8.20. The summed E-state index contributed by atoms with van der Waals surface area (Å²) in [6.07, 6.45) is 0.0683. The molecular formula is C13H17N. The fraction of sp³-hybridized carbons (Fsp3) is 0.385. The average Bonchev–Trinajstić information content (AvgIpc) is 2.38. The molecule has 1 atom stereocenters. The predicted octanol–water partition coefficient (Wildman–Crippen LogP) is 2.18. The van der Waals surface area contributed by atoms with E-state index in [2.05, 4.69) is 5.92 Å². The van der Waals surface area contributed by atoms with Crippen LogP contribution in [0.2, 0.25) is 0 Å². The first-order valence-electron chi connectivity index (χ1n) is 7.43. The lowest BCUT2D eigenvalue weighted by Gasteiger charge is -2.22. The van der Waals surface area contributed by atoms with Crippen molar-refractivity contribution in [1.82, 2.24) is 4.90 Å². The molecule has 1 heteroatoms. The summed E-state index contributed by atoms with van der Waals surface area (Å²) in [5.41, 5.74) is 0.417. The summed E-state index contributed by atoms with van der Waals surface area (Å²) in [6, 6.07) is 7.55. The normalized spacial score (nSPS) is 20.1. The van der Waals surface area contributed by atoms with Crippen molar-refractivity contribution in [2.45, 2.75) is 19.3 Å². The zero-order valence-electron chi connectivity index (χ0n) is 14.1. The Labute approximate surface area is 95.2 Å². The van der Waals surface area contributed by atoms with E-state index >= 15 is 0 Å². The smallest absolute Gasteiger partial charge is 0.124 e. The van der Waals surface area contributed by atoms with Gasteiger partial charge < -0.3 is 0 Å². The Morgan fingerprint density at radius 1 is 1.64 bits per heavy atom. The van der Waals surface area contributed by atoms with Crippen LogP contribution in [0.1, 0.15) is 20.7 Å². The fourth-order valence-corrected chi connectivity index (χ4v) is 1.08. The topological polar surface area (TPSA) is 3.24 Å². The van der Waals surface area contributed by atoms with Gasteiger partial charge in [-0.3, -0.25) is 4.90 Å². The van der Waals surface area contributed by atoms with Crippen LogP contribution in [0.4, 0.5) is 0 Å². The van der Waals surface area contributed by atoms with Crippen LogP contribution in [0, 0.1) is 12.3 Å². The highest BCUT2D eigenvalue weighted by Crippen LogP contribution is 2.06. The van der Waals surface area contributed by atoms with Crippen molar-refractivity contribution < 1.29 is 8.22 Å². The Hall–Kier alpha value is -1.26. The highest BCUT2D eigenvalue weighted by molar-refractivity contribution is 5.15.